The maximum Gasteiger partial charge on any atom is 0.165 e. The summed E-state index contributed by atoms with van der Waals surface area (Å²) >= 11 is 0. The minimum Gasteiger partial charge on any atom is -0.494 e. The molecule has 0 radical (unpaired) electrons. The van der Waals surface area contributed by atoms with Gasteiger partial charge in [0.15, 0.2) is 11.6 Å². The molecule has 2 aromatic rings. The van der Waals surface area contributed by atoms with E-state index in [1.54, 1.807) is 6.07 Å². The second-order valence-electron chi connectivity index (χ2n) is 3.71. The van der Waals surface area contributed by atoms with Gasteiger partial charge in [0.2, 0.25) is 0 Å². The zero-order valence-corrected chi connectivity index (χ0v) is 9.61. The largest absolute Gasteiger partial charge is 0.494 e. The number of halogens is 2. The Bertz CT molecular complexity index is 594. The molecule has 4 heteroatoms. The molecule has 0 spiro atoms. The Labute approximate surface area is 103 Å². The fraction of sp³-hybridized carbons (Fsp3) is 0.0714. The molecule has 2 aromatic carbocycles. The van der Waals surface area contributed by atoms with Gasteiger partial charge in [-0.15, -0.1) is 0 Å². The number of carbonyl (C=O) groups is 1. The van der Waals surface area contributed by atoms with Crippen LogP contribution in [0.4, 0.5) is 8.78 Å². The average Bonchev–Trinajstić information content (AvgIpc) is 2.38. The van der Waals surface area contributed by atoms with Crippen molar-refractivity contribution in [1.82, 2.24) is 0 Å². The van der Waals surface area contributed by atoms with E-state index >= 15 is 0 Å². The van der Waals surface area contributed by atoms with Gasteiger partial charge in [-0.05, 0) is 23.8 Å². The molecule has 0 aliphatic heterocycles. The first-order valence-electron chi connectivity index (χ1n) is 5.24. The molecule has 0 fully saturated rings. The summed E-state index contributed by atoms with van der Waals surface area (Å²) in [5, 5.41) is 0. The first-order valence-corrected chi connectivity index (χ1v) is 5.24. The first-order chi connectivity index (χ1) is 8.65. The van der Waals surface area contributed by atoms with Crippen LogP contribution in [0.15, 0.2) is 36.4 Å². The van der Waals surface area contributed by atoms with Crippen LogP contribution >= 0.6 is 0 Å². The van der Waals surface area contributed by atoms with Crippen LogP contribution in [0.5, 0.6) is 5.75 Å². The lowest BCUT2D eigenvalue weighted by Crippen LogP contribution is -1.91. The number of hydrogen-bond donors (Lipinski definition) is 0. The Kier molecular flexibility index (Phi) is 3.37. The van der Waals surface area contributed by atoms with Crippen LogP contribution in [-0.4, -0.2) is 13.4 Å². The van der Waals surface area contributed by atoms with Gasteiger partial charge in [-0.3, -0.25) is 4.79 Å². The second-order valence-corrected chi connectivity index (χ2v) is 3.71. The van der Waals surface area contributed by atoms with Gasteiger partial charge in [0.05, 0.1) is 7.11 Å². The molecule has 0 aliphatic rings. The van der Waals surface area contributed by atoms with E-state index in [2.05, 4.69) is 0 Å². The molecule has 18 heavy (non-hydrogen) atoms. The smallest absolute Gasteiger partial charge is 0.165 e. The van der Waals surface area contributed by atoms with Crippen molar-refractivity contribution >= 4 is 6.29 Å². The fourth-order valence-electron chi connectivity index (χ4n) is 1.67. The molecule has 0 aromatic heterocycles. The molecule has 2 rings (SSSR count). The van der Waals surface area contributed by atoms with E-state index in [-0.39, 0.29) is 16.9 Å². The molecule has 0 amide bonds. The third-order valence-corrected chi connectivity index (χ3v) is 2.59. The molecule has 0 atom stereocenters. The number of aldehydes is 1. The molecule has 0 N–H and O–H groups in total. The Balaban J connectivity index is 2.48. The maximum absolute atomic E-state index is 13.7. The van der Waals surface area contributed by atoms with Gasteiger partial charge >= 0.3 is 0 Å². The van der Waals surface area contributed by atoms with E-state index in [4.69, 9.17) is 4.74 Å². The van der Waals surface area contributed by atoms with Crippen molar-refractivity contribution in [1.29, 1.82) is 0 Å². The molecule has 0 heterocycles. The van der Waals surface area contributed by atoms with E-state index in [0.717, 1.165) is 6.07 Å². The van der Waals surface area contributed by atoms with Crippen molar-refractivity contribution in [2.45, 2.75) is 0 Å². The van der Waals surface area contributed by atoms with Crippen LogP contribution in [-0.2, 0) is 0 Å². The van der Waals surface area contributed by atoms with Gasteiger partial charge in [0.25, 0.3) is 0 Å². The highest BCUT2D eigenvalue weighted by Crippen LogP contribution is 2.27. The van der Waals surface area contributed by atoms with Crippen LogP contribution in [0.3, 0.4) is 0 Å². The van der Waals surface area contributed by atoms with E-state index in [9.17, 15) is 13.6 Å². The van der Waals surface area contributed by atoms with Crippen molar-refractivity contribution in [2.24, 2.45) is 0 Å². The summed E-state index contributed by atoms with van der Waals surface area (Å²) in [5.41, 5.74) is 0.871. The molecule has 0 saturated carbocycles. The number of benzene rings is 2. The number of carbonyl (C=O) groups excluding carboxylic acids is 1. The van der Waals surface area contributed by atoms with Crippen LogP contribution in [0.2, 0.25) is 0 Å². The fourth-order valence-corrected chi connectivity index (χ4v) is 1.67. The molecular formula is C14H10F2O2. The van der Waals surface area contributed by atoms with E-state index in [1.165, 1.54) is 31.4 Å². The van der Waals surface area contributed by atoms with Gasteiger partial charge in [-0.2, -0.15) is 0 Å². The lowest BCUT2D eigenvalue weighted by atomic mass is 10.0. The molecule has 92 valence electrons. The average molecular weight is 248 g/mol. The molecular weight excluding hydrogens is 238 g/mol. The zero-order chi connectivity index (χ0) is 13.1. The summed E-state index contributed by atoms with van der Waals surface area (Å²) in [5.74, 6) is -1.03. The van der Waals surface area contributed by atoms with Crippen molar-refractivity contribution in [3.8, 4) is 16.9 Å². The summed E-state index contributed by atoms with van der Waals surface area (Å²) in [6.07, 6.45) is 0.557. The predicted octanol–water partition coefficient (Wildman–Crippen LogP) is 3.45. The van der Waals surface area contributed by atoms with Gasteiger partial charge < -0.3 is 4.74 Å². The summed E-state index contributed by atoms with van der Waals surface area (Å²) in [6, 6.07) is 8.22. The standard InChI is InChI=1S/C14H10F2O2/c1-18-14-5-3-10(7-13(14)16)11-4-2-9(8-17)6-12(11)15/h2-8H,1H3. The first kappa shape index (κ1) is 12.2. The van der Waals surface area contributed by atoms with E-state index in [0.29, 0.717) is 11.8 Å². The third-order valence-electron chi connectivity index (χ3n) is 2.59. The van der Waals surface area contributed by atoms with Crippen LogP contribution in [0.25, 0.3) is 11.1 Å². The summed E-state index contributed by atoms with van der Waals surface area (Å²) in [7, 11) is 1.36. The van der Waals surface area contributed by atoms with Gasteiger partial charge in [0.1, 0.15) is 12.1 Å². The Morgan fingerprint density at radius 3 is 2.39 bits per heavy atom. The molecule has 0 aliphatic carbocycles. The number of hydrogen-bond acceptors (Lipinski definition) is 2. The van der Waals surface area contributed by atoms with Crippen molar-refractivity contribution in [3.05, 3.63) is 53.6 Å². The SMILES string of the molecule is COc1ccc(-c2ccc(C=O)cc2F)cc1F. The predicted molar refractivity (Wildman–Crippen MR) is 63.7 cm³/mol. The van der Waals surface area contributed by atoms with Crippen LogP contribution in [0, 0.1) is 11.6 Å². The Morgan fingerprint density at radius 2 is 1.83 bits per heavy atom. The Hall–Kier alpha value is -2.23. The lowest BCUT2D eigenvalue weighted by Gasteiger charge is -2.06. The third kappa shape index (κ3) is 2.22. The van der Waals surface area contributed by atoms with E-state index in [1.807, 2.05) is 0 Å². The minimum atomic E-state index is -0.566. The monoisotopic (exact) mass is 248 g/mol. The highest BCUT2D eigenvalue weighted by Gasteiger charge is 2.09. The maximum atomic E-state index is 13.7. The molecule has 0 saturated heterocycles. The lowest BCUT2D eigenvalue weighted by molar-refractivity contribution is 0.112. The van der Waals surface area contributed by atoms with E-state index < -0.39 is 11.6 Å². The normalized spacial score (nSPS) is 10.2. The van der Waals surface area contributed by atoms with Crippen LogP contribution < -0.4 is 4.74 Å². The van der Waals surface area contributed by atoms with Crippen molar-refractivity contribution in [2.75, 3.05) is 7.11 Å². The van der Waals surface area contributed by atoms with Crippen LogP contribution in [0.1, 0.15) is 10.4 Å². The Morgan fingerprint density at radius 1 is 1.06 bits per heavy atom. The highest BCUT2D eigenvalue weighted by molar-refractivity contribution is 5.77. The number of ether oxygens (including phenoxy) is 1. The summed E-state index contributed by atoms with van der Waals surface area (Å²) in [6.45, 7) is 0. The highest BCUT2D eigenvalue weighted by atomic mass is 19.1. The number of methoxy groups -OCH3 is 1. The van der Waals surface area contributed by atoms with Crippen molar-refractivity contribution in [3.63, 3.8) is 0 Å². The molecule has 0 bridgehead atoms. The topological polar surface area (TPSA) is 26.3 Å². The molecule has 0 unspecified atom stereocenters. The van der Waals surface area contributed by atoms with Gasteiger partial charge in [-0.1, -0.05) is 18.2 Å². The summed E-state index contributed by atoms with van der Waals surface area (Å²) < 4.78 is 32.0. The zero-order valence-electron chi connectivity index (χ0n) is 9.61. The molecule has 2 nitrogen and oxygen atoms in total. The number of rotatable bonds is 3. The minimum absolute atomic E-state index is 0.101. The summed E-state index contributed by atoms with van der Waals surface area (Å²) in [4.78, 5) is 10.5. The van der Waals surface area contributed by atoms with Gasteiger partial charge in [0, 0.05) is 11.1 Å². The second kappa shape index (κ2) is 4.96. The quantitative estimate of drug-likeness (QED) is 0.777. The van der Waals surface area contributed by atoms with Gasteiger partial charge in [-0.25, -0.2) is 8.78 Å². The van der Waals surface area contributed by atoms with Crippen molar-refractivity contribution < 1.29 is 18.3 Å².